The monoisotopic (exact) mass is 351 g/mol. The van der Waals surface area contributed by atoms with E-state index in [1.165, 1.54) is 4.88 Å². The van der Waals surface area contributed by atoms with Gasteiger partial charge in [0.25, 0.3) is 0 Å². The van der Waals surface area contributed by atoms with Crippen molar-refractivity contribution >= 4 is 23.2 Å². The van der Waals surface area contributed by atoms with Gasteiger partial charge in [0.15, 0.2) is 5.96 Å². The molecule has 1 fully saturated rings. The highest BCUT2D eigenvalue weighted by Crippen LogP contribution is 2.19. The van der Waals surface area contributed by atoms with Gasteiger partial charge in [-0.05, 0) is 11.4 Å². The smallest absolute Gasteiger partial charge is 0.219 e. The van der Waals surface area contributed by atoms with Crippen LogP contribution in [0.3, 0.4) is 0 Å². The molecule has 0 bridgehead atoms. The summed E-state index contributed by atoms with van der Waals surface area (Å²) in [7, 11) is 1.80. The number of hydrogen-bond acceptors (Lipinski definition) is 4. The highest BCUT2D eigenvalue weighted by Gasteiger charge is 2.18. The summed E-state index contributed by atoms with van der Waals surface area (Å²) >= 11 is 1.79. The Bertz CT molecular complexity index is 523. The molecule has 6 nitrogen and oxygen atoms in total. The summed E-state index contributed by atoms with van der Waals surface area (Å²) < 4.78 is 0. The van der Waals surface area contributed by atoms with E-state index in [-0.39, 0.29) is 5.91 Å². The fraction of sp³-hybridized carbons (Fsp3) is 0.647. The molecular formula is C17H29N5OS. The first-order valence-corrected chi connectivity index (χ1v) is 9.44. The Morgan fingerprint density at radius 1 is 1.33 bits per heavy atom. The van der Waals surface area contributed by atoms with E-state index in [0.29, 0.717) is 5.92 Å². The van der Waals surface area contributed by atoms with Crippen LogP contribution in [0.1, 0.15) is 24.6 Å². The maximum Gasteiger partial charge on any atom is 0.219 e. The largest absolute Gasteiger partial charge is 0.356 e. The Labute approximate surface area is 148 Å². The van der Waals surface area contributed by atoms with Crippen molar-refractivity contribution in [3.8, 4) is 0 Å². The Balaban J connectivity index is 1.63. The van der Waals surface area contributed by atoms with E-state index < -0.39 is 0 Å². The normalized spacial score (nSPS) is 17.6. The molecule has 0 spiro atoms. The van der Waals surface area contributed by atoms with E-state index in [0.717, 1.165) is 51.8 Å². The molecule has 1 aromatic rings. The lowest BCUT2D eigenvalue weighted by molar-refractivity contribution is -0.130. The molecule has 0 aliphatic carbocycles. The molecule has 1 amide bonds. The van der Waals surface area contributed by atoms with Crippen molar-refractivity contribution in [2.45, 2.75) is 19.8 Å². The molecule has 2 N–H and O–H groups in total. The molecule has 1 atom stereocenters. The van der Waals surface area contributed by atoms with Crippen molar-refractivity contribution in [1.82, 2.24) is 20.4 Å². The summed E-state index contributed by atoms with van der Waals surface area (Å²) in [6.45, 7) is 10.1. The first-order chi connectivity index (χ1) is 11.6. The summed E-state index contributed by atoms with van der Waals surface area (Å²) in [5, 5.41) is 8.88. The van der Waals surface area contributed by atoms with Crippen LogP contribution >= 0.6 is 11.3 Å². The number of carbonyl (C=O) groups is 1. The standard InChI is InChI=1S/C17H29N5OS/c1-14(16-5-4-12-24-16)13-20-17(18-3)19-6-7-21-8-10-22(11-9-21)15(2)23/h4-5,12,14H,6-11,13H2,1-3H3,(H2,18,19,20). The van der Waals surface area contributed by atoms with Crippen LogP contribution in [0.25, 0.3) is 0 Å². The molecule has 1 aliphatic heterocycles. The Hall–Kier alpha value is -1.60. The van der Waals surface area contributed by atoms with Crippen LogP contribution in [0.15, 0.2) is 22.5 Å². The molecule has 7 heteroatoms. The van der Waals surface area contributed by atoms with Crippen molar-refractivity contribution in [2.24, 2.45) is 4.99 Å². The van der Waals surface area contributed by atoms with E-state index in [2.05, 4.69) is 45.0 Å². The van der Waals surface area contributed by atoms with Gasteiger partial charge in [-0.25, -0.2) is 0 Å². The second kappa shape index (κ2) is 9.64. The van der Waals surface area contributed by atoms with Crippen LogP contribution in [0.4, 0.5) is 0 Å². The highest BCUT2D eigenvalue weighted by atomic mass is 32.1. The minimum absolute atomic E-state index is 0.178. The lowest BCUT2D eigenvalue weighted by atomic mass is 10.1. The number of aliphatic imine (C=N–C) groups is 1. The predicted molar refractivity (Wildman–Crippen MR) is 101 cm³/mol. The topological polar surface area (TPSA) is 60.0 Å². The maximum atomic E-state index is 11.3. The first kappa shape index (κ1) is 18.7. The third-order valence-electron chi connectivity index (χ3n) is 4.37. The molecule has 2 rings (SSSR count). The molecule has 24 heavy (non-hydrogen) atoms. The van der Waals surface area contributed by atoms with Crippen molar-refractivity contribution in [3.63, 3.8) is 0 Å². The third kappa shape index (κ3) is 5.79. The van der Waals surface area contributed by atoms with Crippen LogP contribution in [-0.4, -0.2) is 74.5 Å². The van der Waals surface area contributed by atoms with Crippen molar-refractivity contribution in [3.05, 3.63) is 22.4 Å². The lowest BCUT2D eigenvalue weighted by Gasteiger charge is -2.34. The fourth-order valence-electron chi connectivity index (χ4n) is 2.76. The van der Waals surface area contributed by atoms with Gasteiger partial charge < -0.3 is 15.5 Å². The van der Waals surface area contributed by atoms with Gasteiger partial charge in [-0.3, -0.25) is 14.7 Å². The molecule has 2 heterocycles. The second-order valence-corrected chi connectivity index (χ2v) is 7.12. The molecule has 0 radical (unpaired) electrons. The van der Waals surface area contributed by atoms with Gasteiger partial charge in [-0.1, -0.05) is 13.0 Å². The van der Waals surface area contributed by atoms with E-state index in [9.17, 15) is 4.79 Å². The first-order valence-electron chi connectivity index (χ1n) is 8.56. The molecule has 134 valence electrons. The maximum absolute atomic E-state index is 11.3. The molecular weight excluding hydrogens is 322 g/mol. The van der Waals surface area contributed by atoms with E-state index in [1.807, 2.05) is 4.90 Å². The zero-order chi connectivity index (χ0) is 17.4. The Morgan fingerprint density at radius 3 is 2.67 bits per heavy atom. The van der Waals surface area contributed by atoms with E-state index in [4.69, 9.17) is 0 Å². The number of nitrogens with zero attached hydrogens (tertiary/aromatic N) is 3. The average molecular weight is 352 g/mol. The van der Waals surface area contributed by atoms with Crippen LogP contribution in [-0.2, 0) is 4.79 Å². The summed E-state index contributed by atoms with van der Waals surface area (Å²) in [4.78, 5) is 21.3. The summed E-state index contributed by atoms with van der Waals surface area (Å²) in [6, 6.07) is 4.27. The number of guanidine groups is 1. The van der Waals surface area contributed by atoms with E-state index >= 15 is 0 Å². The minimum Gasteiger partial charge on any atom is -0.356 e. The Kier molecular flexibility index (Phi) is 7.52. The fourth-order valence-corrected chi connectivity index (χ4v) is 3.55. The van der Waals surface area contributed by atoms with Gasteiger partial charge in [0.2, 0.25) is 5.91 Å². The molecule has 1 aliphatic rings. The molecule has 1 aromatic heterocycles. The summed E-state index contributed by atoms with van der Waals surface area (Å²) in [5.74, 6) is 1.50. The molecule has 0 saturated carbocycles. The number of thiophene rings is 1. The SMILES string of the molecule is CN=C(NCCN1CCN(C(C)=O)CC1)NCC(C)c1cccs1. The van der Waals surface area contributed by atoms with Crippen LogP contribution in [0.5, 0.6) is 0 Å². The lowest BCUT2D eigenvalue weighted by Crippen LogP contribution is -2.50. The van der Waals surface area contributed by atoms with Crippen LogP contribution < -0.4 is 10.6 Å². The van der Waals surface area contributed by atoms with Gasteiger partial charge in [-0.15, -0.1) is 11.3 Å². The van der Waals surface area contributed by atoms with Gasteiger partial charge in [0, 0.05) is 70.6 Å². The number of piperazine rings is 1. The van der Waals surface area contributed by atoms with Gasteiger partial charge in [-0.2, -0.15) is 0 Å². The quantitative estimate of drug-likeness (QED) is 0.597. The predicted octanol–water partition coefficient (Wildman–Crippen LogP) is 1.18. The van der Waals surface area contributed by atoms with Crippen molar-refractivity contribution < 1.29 is 4.79 Å². The molecule has 1 unspecified atom stereocenters. The van der Waals surface area contributed by atoms with Crippen LogP contribution in [0, 0.1) is 0 Å². The number of amides is 1. The molecule has 0 aromatic carbocycles. The number of rotatable bonds is 6. The number of nitrogens with one attached hydrogen (secondary N) is 2. The van der Waals surface area contributed by atoms with E-state index in [1.54, 1.807) is 25.3 Å². The number of hydrogen-bond donors (Lipinski definition) is 2. The van der Waals surface area contributed by atoms with Gasteiger partial charge in [0.05, 0.1) is 0 Å². The zero-order valence-corrected chi connectivity index (χ0v) is 15.7. The number of carbonyl (C=O) groups excluding carboxylic acids is 1. The summed E-state index contributed by atoms with van der Waals surface area (Å²) in [5.41, 5.74) is 0. The van der Waals surface area contributed by atoms with Crippen molar-refractivity contribution in [2.75, 3.05) is 52.9 Å². The summed E-state index contributed by atoms with van der Waals surface area (Å²) in [6.07, 6.45) is 0. The average Bonchev–Trinajstić information content (AvgIpc) is 3.12. The van der Waals surface area contributed by atoms with Crippen molar-refractivity contribution in [1.29, 1.82) is 0 Å². The third-order valence-corrected chi connectivity index (χ3v) is 5.47. The van der Waals surface area contributed by atoms with Crippen LogP contribution in [0.2, 0.25) is 0 Å². The highest BCUT2D eigenvalue weighted by molar-refractivity contribution is 7.10. The molecule has 1 saturated heterocycles. The Morgan fingerprint density at radius 2 is 2.08 bits per heavy atom. The van der Waals surface area contributed by atoms with Gasteiger partial charge in [0.1, 0.15) is 0 Å². The second-order valence-electron chi connectivity index (χ2n) is 6.14. The van der Waals surface area contributed by atoms with Gasteiger partial charge >= 0.3 is 0 Å². The minimum atomic E-state index is 0.178. The zero-order valence-electron chi connectivity index (χ0n) is 14.9.